The largest absolute Gasteiger partial charge is 0.399 e. The fourth-order valence-corrected chi connectivity index (χ4v) is 2.67. The first kappa shape index (κ1) is 13.2. The van der Waals surface area contributed by atoms with Crippen molar-refractivity contribution in [3.8, 4) is 0 Å². The molecular formula is C10H12N2O4S. The van der Waals surface area contributed by atoms with Crippen LogP contribution in [0.5, 0.6) is 0 Å². The average Bonchev–Trinajstić information content (AvgIpc) is 2.16. The molecule has 6 nitrogen and oxygen atoms in total. The van der Waals surface area contributed by atoms with Gasteiger partial charge in [0.05, 0.1) is 4.90 Å². The number of nitrogens with two attached hydrogens (primary N) is 1. The molecule has 1 aromatic rings. The second kappa shape index (κ2) is 4.54. The van der Waals surface area contributed by atoms with Crippen molar-refractivity contribution in [3.05, 3.63) is 24.3 Å². The smallest absolute Gasteiger partial charge is 0.273 e. The Morgan fingerprint density at radius 3 is 1.82 bits per heavy atom. The number of anilines is 1. The fraction of sp³-hybridized carbons (Fsp3) is 0.200. The molecule has 0 unspecified atom stereocenters. The predicted octanol–water partition coefficient (Wildman–Crippen LogP) is 0.353. The standard InChI is InChI=1S/C10H12N2O4S/c1-7(13)12(8(2)14)17(15,16)10-5-3-9(11)4-6-10/h3-6H,11H2,1-2H3. The lowest BCUT2D eigenvalue weighted by molar-refractivity contribution is -0.135. The van der Waals surface area contributed by atoms with E-state index >= 15 is 0 Å². The summed E-state index contributed by atoms with van der Waals surface area (Å²) in [4.78, 5) is 22.2. The van der Waals surface area contributed by atoms with E-state index in [1.807, 2.05) is 0 Å². The maximum Gasteiger partial charge on any atom is 0.273 e. The predicted molar refractivity (Wildman–Crippen MR) is 61.2 cm³/mol. The van der Waals surface area contributed by atoms with Crippen LogP contribution in [0.25, 0.3) is 0 Å². The van der Waals surface area contributed by atoms with Crippen molar-refractivity contribution in [2.75, 3.05) is 5.73 Å². The topological polar surface area (TPSA) is 97.5 Å². The highest BCUT2D eigenvalue weighted by atomic mass is 32.2. The molecule has 0 atom stereocenters. The van der Waals surface area contributed by atoms with Gasteiger partial charge in [-0.2, -0.15) is 4.31 Å². The Morgan fingerprint density at radius 1 is 1.06 bits per heavy atom. The van der Waals surface area contributed by atoms with E-state index in [0.717, 1.165) is 13.8 Å². The number of hydrogen-bond donors (Lipinski definition) is 1. The van der Waals surface area contributed by atoms with Gasteiger partial charge in [0.1, 0.15) is 0 Å². The monoisotopic (exact) mass is 256 g/mol. The Kier molecular flexibility index (Phi) is 3.52. The minimum absolute atomic E-state index is 0.155. The van der Waals surface area contributed by atoms with Crippen molar-refractivity contribution in [2.24, 2.45) is 0 Å². The van der Waals surface area contributed by atoms with Crippen LogP contribution >= 0.6 is 0 Å². The first-order valence-electron chi connectivity index (χ1n) is 4.69. The third-order valence-corrected chi connectivity index (χ3v) is 3.85. The molecule has 0 saturated carbocycles. The van der Waals surface area contributed by atoms with E-state index in [2.05, 4.69) is 0 Å². The normalized spacial score (nSPS) is 10.9. The highest BCUT2D eigenvalue weighted by molar-refractivity contribution is 7.90. The van der Waals surface area contributed by atoms with Gasteiger partial charge in [0.25, 0.3) is 10.0 Å². The zero-order chi connectivity index (χ0) is 13.2. The van der Waals surface area contributed by atoms with Crippen LogP contribution in [-0.2, 0) is 19.6 Å². The molecule has 0 fully saturated rings. The zero-order valence-electron chi connectivity index (χ0n) is 9.38. The Balaban J connectivity index is 3.31. The van der Waals surface area contributed by atoms with E-state index in [0.29, 0.717) is 5.69 Å². The first-order chi connectivity index (χ1) is 7.76. The van der Waals surface area contributed by atoms with Crippen LogP contribution in [0.4, 0.5) is 5.69 Å². The van der Waals surface area contributed by atoms with Crippen molar-refractivity contribution < 1.29 is 18.0 Å². The van der Waals surface area contributed by atoms with E-state index in [4.69, 9.17) is 5.73 Å². The lowest BCUT2D eigenvalue weighted by atomic mass is 10.3. The second-order valence-corrected chi connectivity index (χ2v) is 5.16. The van der Waals surface area contributed by atoms with Gasteiger partial charge in [0, 0.05) is 19.5 Å². The molecule has 0 heterocycles. The van der Waals surface area contributed by atoms with Gasteiger partial charge in [0.15, 0.2) is 0 Å². The minimum atomic E-state index is -4.14. The number of rotatable bonds is 2. The third-order valence-electron chi connectivity index (χ3n) is 1.99. The van der Waals surface area contributed by atoms with Gasteiger partial charge < -0.3 is 5.73 Å². The molecule has 2 amide bonds. The van der Waals surface area contributed by atoms with Crippen LogP contribution in [-0.4, -0.2) is 24.5 Å². The average molecular weight is 256 g/mol. The molecule has 0 aliphatic carbocycles. The molecule has 2 N–H and O–H groups in total. The number of amides is 2. The summed E-state index contributed by atoms with van der Waals surface area (Å²) in [5, 5.41) is 0. The van der Waals surface area contributed by atoms with Crippen molar-refractivity contribution >= 4 is 27.5 Å². The van der Waals surface area contributed by atoms with E-state index in [1.54, 1.807) is 0 Å². The van der Waals surface area contributed by atoms with Gasteiger partial charge >= 0.3 is 0 Å². The summed E-state index contributed by atoms with van der Waals surface area (Å²) in [6.45, 7) is 2.02. The molecule has 0 aliphatic rings. The molecule has 0 bridgehead atoms. The van der Waals surface area contributed by atoms with E-state index in [9.17, 15) is 18.0 Å². The first-order valence-corrected chi connectivity index (χ1v) is 6.13. The number of benzene rings is 1. The van der Waals surface area contributed by atoms with Gasteiger partial charge in [-0.15, -0.1) is 0 Å². The number of hydrogen-bond acceptors (Lipinski definition) is 5. The van der Waals surface area contributed by atoms with Crippen LogP contribution in [0, 0.1) is 0 Å². The molecule has 1 rings (SSSR count). The van der Waals surface area contributed by atoms with Crippen molar-refractivity contribution in [2.45, 2.75) is 18.7 Å². The van der Waals surface area contributed by atoms with Crippen molar-refractivity contribution in [3.63, 3.8) is 0 Å². The second-order valence-electron chi connectivity index (χ2n) is 3.38. The lowest BCUT2D eigenvalue weighted by Crippen LogP contribution is -2.38. The lowest BCUT2D eigenvalue weighted by Gasteiger charge is -2.17. The molecule has 7 heteroatoms. The number of imide groups is 1. The molecule has 0 aromatic heterocycles. The summed E-state index contributed by atoms with van der Waals surface area (Å²) in [6.07, 6.45) is 0. The number of carbonyl (C=O) groups excluding carboxylic acids is 2. The highest BCUT2D eigenvalue weighted by Crippen LogP contribution is 2.17. The number of nitrogens with zero attached hydrogens (tertiary/aromatic N) is 1. The van der Waals surface area contributed by atoms with Crippen molar-refractivity contribution in [1.82, 2.24) is 4.31 Å². The number of carbonyl (C=O) groups is 2. The summed E-state index contributed by atoms with van der Waals surface area (Å²) < 4.78 is 24.2. The minimum Gasteiger partial charge on any atom is -0.399 e. The molecule has 0 aliphatic heterocycles. The van der Waals surface area contributed by atoms with Gasteiger partial charge in [-0.05, 0) is 24.3 Å². The van der Waals surface area contributed by atoms with Crippen LogP contribution in [0.2, 0.25) is 0 Å². The van der Waals surface area contributed by atoms with Crippen molar-refractivity contribution in [1.29, 1.82) is 0 Å². The fourth-order valence-electron chi connectivity index (χ4n) is 1.31. The molecule has 0 spiro atoms. The number of sulfonamides is 1. The molecule has 1 aromatic carbocycles. The Bertz CT molecular complexity index is 534. The summed E-state index contributed by atoms with van der Waals surface area (Å²) >= 11 is 0. The van der Waals surface area contributed by atoms with Gasteiger partial charge in [-0.1, -0.05) is 0 Å². The highest BCUT2D eigenvalue weighted by Gasteiger charge is 2.30. The van der Waals surface area contributed by atoms with Crippen LogP contribution < -0.4 is 5.73 Å². The summed E-state index contributed by atoms with van der Waals surface area (Å²) in [5.41, 5.74) is 5.81. The SMILES string of the molecule is CC(=O)N(C(C)=O)S(=O)(=O)c1ccc(N)cc1. The van der Waals surface area contributed by atoms with Crippen LogP contribution in [0.3, 0.4) is 0 Å². The van der Waals surface area contributed by atoms with Gasteiger partial charge in [0.2, 0.25) is 11.8 Å². The maximum atomic E-state index is 12.0. The molecule has 92 valence electrons. The summed E-state index contributed by atoms with van der Waals surface area (Å²) in [7, 11) is -4.14. The summed E-state index contributed by atoms with van der Waals surface area (Å²) in [5.74, 6) is -1.70. The Labute approximate surface area is 99.1 Å². The van der Waals surface area contributed by atoms with Crippen LogP contribution in [0.15, 0.2) is 29.2 Å². The quantitative estimate of drug-likeness (QED) is 0.770. The molecule has 17 heavy (non-hydrogen) atoms. The Hall–Kier alpha value is -1.89. The van der Waals surface area contributed by atoms with Gasteiger partial charge in [-0.25, -0.2) is 8.42 Å². The van der Waals surface area contributed by atoms with Crippen LogP contribution in [0.1, 0.15) is 13.8 Å². The van der Waals surface area contributed by atoms with E-state index < -0.39 is 21.8 Å². The summed E-state index contributed by atoms with van der Waals surface area (Å²) in [6, 6.07) is 5.24. The number of nitrogen functional groups attached to an aromatic ring is 1. The molecule has 0 saturated heterocycles. The molecular weight excluding hydrogens is 244 g/mol. The van der Waals surface area contributed by atoms with Gasteiger partial charge in [-0.3, -0.25) is 9.59 Å². The Morgan fingerprint density at radius 2 is 1.47 bits per heavy atom. The molecule has 0 radical (unpaired) electrons. The third kappa shape index (κ3) is 2.62. The van der Waals surface area contributed by atoms with E-state index in [1.165, 1.54) is 24.3 Å². The maximum absolute atomic E-state index is 12.0. The van der Waals surface area contributed by atoms with E-state index in [-0.39, 0.29) is 9.20 Å². The zero-order valence-corrected chi connectivity index (χ0v) is 10.2.